The fourth-order valence-corrected chi connectivity index (χ4v) is 4.40. The van der Waals surface area contributed by atoms with Gasteiger partial charge in [-0.25, -0.2) is 5.01 Å². The highest BCUT2D eigenvalue weighted by molar-refractivity contribution is 6.31. The van der Waals surface area contributed by atoms with Crippen molar-refractivity contribution in [2.75, 3.05) is 25.0 Å². The van der Waals surface area contributed by atoms with E-state index in [2.05, 4.69) is 10.4 Å². The van der Waals surface area contributed by atoms with E-state index >= 15 is 0 Å². The van der Waals surface area contributed by atoms with Gasteiger partial charge >= 0.3 is 0 Å². The van der Waals surface area contributed by atoms with Gasteiger partial charge in [-0.1, -0.05) is 11.6 Å². The third kappa shape index (κ3) is 4.39. The van der Waals surface area contributed by atoms with Gasteiger partial charge in [-0.05, 0) is 55.3 Å². The molecule has 4 heterocycles. The Kier molecular flexibility index (Phi) is 5.92. The molecule has 0 radical (unpaired) electrons. The molecule has 1 saturated heterocycles. The van der Waals surface area contributed by atoms with Gasteiger partial charge in [0.15, 0.2) is 0 Å². The lowest BCUT2D eigenvalue weighted by atomic mass is 10.1. The number of furan rings is 2. The molecule has 1 fully saturated rings. The van der Waals surface area contributed by atoms with E-state index in [1.807, 2.05) is 17.0 Å². The summed E-state index contributed by atoms with van der Waals surface area (Å²) in [6, 6.07) is 11.9. The maximum absolute atomic E-state index is 13.2. The molecule has 2 amide bonds. The van der Waals surface area contributed by atoms with Crippen LogP contribution in [0.5, 0.6) is 0 Å². The number of hydrazone groups is 1. The van der Waals surface area contributed by atoms with Gasteiger partial charge in [0.1, 0.15) is 23.3 Å². The van der Waals surface area contributed by atoms with E-state index in [0.717, 1.165) is 25.9 Å². The third-order valence-corrected chi connectivity index (χ3v) is 6.11. The number of anilines is 1. The van der Waals surface area contributed by atoms with E-state index in [-0.39, 0.29) is 24.4 Å². The summed E-state index contributed by atoms with van der Waals surface area (Å²) >= 11 is 6.19. The van der Waals surface area contributed by atoms with Gasteiger partial charge in [-0.3, -0.25) is 9.59 Å². The Morgan fingerprint density at radius 1 is 1.09 bits per heavy atom. The number of amides is 2. The molecule has 0 spiro atoms. The summed E-state index contributed by atoms with van der Waals surface area (Å²) in [5.41, 5.74) is 1.69. The summed E-state index contributed by atoms with van der Waals surface area (Å²) in [5.74, 6) is 0.925. The van der Waals surface area contributed by atoms with Crippen LogP contribution in [0.15, 0.2) is 68.9 Å². The molecule has 2 aliphatic heterocycles. The third-order valence-electron chi connectivity index (χ3n) is 5.88. The number of nitrogens with one attached hydrogen (secondary N) is 1. The number of halogens is 1. The fraction of sp³-hybridized carbons (Fsp3) is 0.292. The summed E-state index contributed by atoms with van der Waals surface area (Å²) < 4.78 is 11.0. The molecule has 8 nitrogen and oxygen atoms in total. The monoisotopic (exact) mass is 466 g/mol. The second kappa shape index (κ2) is 9.15. The van der Waals surface area contributed by atoms with E-state index in [4.69, 9.17) is 20.4 Å². The van der Waals surface area contributed by atoms with Crippen LogP contribution in [0.1, 0.15) is 47.2 Å². The fourth-order valence-electron chi connectivity index (χ4n) is 4.23. The van der Waals surface area contributed by atoms with Gasteiger partial charge in [0.2, 0.25) is 0 Å². The number of hydrogen-bond donors (Lipinski definition) is 1. The van der Waals surface area contributed by atoms with Gasteiger partial charge in [0.05, 0.1) is 24.6 Å². The molecule has 2 aliphatic rings. The number of carbonyl (C=O) groups is 2. The standard InChI is InChI=1S/C24H23ClN4O4/c25-16-7-8-17(24(31)28-9-1-2-10-28)18(13-16)26-15-23(30)29-20(22-6-4-12-33-22)14-19(27-29)21-5-3-11-32-21/h3-8,11-13,20,26H,1-2,9-10,14-15H2. The normalized spacial score (nSPS) is 18.0. The van der Waals surface area contributed by atoms with E-state index in [0.29, 0.717) is 39.9 Å². The highest BCUT2D eigenvalue weighted by Gasteiger charge is 2.35. The molecule has 33 heavy (non-hydrogen) atoms. The molecule has 0 bridgehead atoms. The maximum atomic E-state index is 13.2. The predicted molar refractivity (Wildman–Crippen MR) is 123 cm³/mol. The molecule has 170 valence electrons. The Labute approximate surface area is 195 Å². The maximum Gasteiger partial charge on any atom is 0.262 e. The first kappa shape index (κ1) is 21.3. The molecule has 0 aliphatic carbocycles. The van der Waals surface area contributed by atoms with Gasteiger partial charge in [-0.2, -0.15) is 5.10 Å². The zero-order chi connectivity index (χ0) is 22.8. The van der Waals surface area contributed by atoms with Crippen LogP contribution < -0.4 is 5.32 Å². The summed E-state index contributed by atoms with van der Waals surface area (Å²) in [4.78, 5) is 28.0. The summed E-state index contributed by atoms with van der Waals surface area (Å²) in [6.45, 7) is 1.41. The predicted octanol–water partition coefficient (Wildman–Crippen LogP) is 4.55. The molecule has 5 rings (SSSR count). The van der Waals surface area contributed by atoms with Crippen molar-refractivity contribution in [1.29, 1.82) is 0 Å². The molecular formula is C24H23ClN4O4. The lowest BCUT2D eigenvalue weighted by Crippen LogP contribution is -2.33. The van der Waals surface area contributed by atoms with Crippen molar-refractivity contribution < 1.29 is 18.4 Å². The van der Waals surface area contributed by atoms with E-state index in [9.17, 15) is 9.59 Å². The minimum Gasteiger partial charge on any atom is -0.467 e. The van der Waals surface area contributed by atoms with Crippen LogP contribution >= 0.6 is 11.6 Å². The Balaban J connectivity index is 1.35. The Morgan fingerprint density at radius 2 is 1.88 bits per heavy atom. The molecule has 1 unspecified atom stereocenters. The van der Waals surface area contributed by atoms with Crippen LogP contribution in [-0.4, -0.2) is 47.1 Å². The second-order valence-corrected chi connectivity index (χ2v) is 8.48. The van der Waals surface area contributed by atoms with E-state index in [1.54, 1.807) is 42.9 Å². The number of nitrogens with zero attached hydrogens (tertiary/aromatic N) is 3. The van der Waals surface area contributed by atoms with Crippen molar-refractivity contribution in [2.24, 2.45) is 5.10 Å². The summed E-state index contributed by atoms with van der Waals surface area (Å²) in [5, 5.41) is 9.52. The molecule has 2 aromatic heterocycles. The van der Waals surface area contributed by atoms with Gasteiger partial charge in [0.25, 0.3) is 11.8 Å². The molecule has 3 aromatic rings. The van der Waals surface area contributed by atoms with Crippen molar-refractivity contribution in [2.45, 2.75) is 25.3 Å². The first-order chi connectivity index (χ1) is 16.1. The van der Waals surface area contributed by atoms with Crippen LogP contribution in [0, 0.1) is 0 Å². The topological polar surface area (TPSA) is 91.3 Å². The molecule has 1 N–H and O–H groups in total. The first-order valence-corrected chi connectivity index (χ1v) is 11.3. The van der Waals surface area contributed by atoms with Gasteiger partial charge in [0, 0.05) is 30.2 Å². The lowest BCUT2D eigenvalue weighted by molar-refractivity contribution is -0.131. The SMILES string of the molecule is O=C(c1ccc(Cl)cc1NCC(=O)N1N=C(c2ccco2)CC1c1ccco1)N1CCCC1. The van der Waals surface area contributed by atoms with Gasteiger partial charge < -0.3 is 19.1 Å². The quantitative estimate of drug-likeness (QED) is 0.575. The van der Waals surface area contributed by atoms with Crippen LogP contribution in [0.25, 0.3) is 0 Å². The number of hydrogen-bond acceptors (Lipinski definition) is 6. The average Bonchev–Trinajstić information content (AvgIpc) is 3.63. The lowest BCUT2D eigenvalue weighted by Gasteiger charge is -2.21. The Hall–Kier alpha value is -3.52. The smallest absolute Gasteiger partial charge is 0.262 e. The van der Waals surface area contributed by atoms with Gasteiger partial charge in [-0.15, -0.1) is 0 Å². The van der Waals surface area contributed by atoms with E-state index in [1.165, 1.54) is 5.01 Å². The zero-order valence-electron chi connectivity index (χ0n) is 17.9. The number of likely N-dealkylation sites (tertiary alicyclic amines) is 1. The molecule has 1 aromatic carbocycles. The van der Waals surface area contributed by atoms with Crippen molar-refractivity contribution in [3.8, 4) is 0 Å². The minimum atomic E-state index is -0.375. The zero-order valence-corrected chi connectivity index (χ0v) is 18.6. The first-order valence-electron chi connectivity index (χ1n) is 10.9. The van der Waals surface area contributed by atoms with E-state index < -0.39 is 0 Å². The van der Waals surface area contributed by atoms with Crippen molar-refractivity contribution in [1.82, 2.24) is 9.91 Å². The largest absolute Gasteiger partial charge is 0.467 e. The van der Waals surface area contributed by atoms with Crippen molar-refractivity contribution in [3.05, 3.63) is 77.1 Å². The molecule has 1 atom stereocenters. The average molecular weight is 467 g/mol. The van der Waals surface area contributed by atoms with Crippen molar-refractivity contribution >= 4 is 34.8 Å². The van der Waals surface area contributed by atoms with Crippen LogP contribution in [-0.2, 0) is 4.79 Å². The number of carbonyl (C=O) groups excluding carboxylic acids is 2. The molecular weight excluding hydrogens is 444 g/mol. The second-order valence-electron chi connectivity index (χ2n) is 8.04. The van der Waals surface area contributed by atoms with Crippen LogP contribution in [0.4, 0.5) is 5.69 Å². The molecule has 9 heteroatoms. The molecule has 0 saturated carbocycles. The van der Waals surface area contributed by atoms with Crippen LogP contribution in [0.3, 0.4) is 0 Å². The minimum absolute atomic E-state index is 0.0627. The number of rotatable bonds is 6. The Morgan fingerprint density at radius 3 is 2.61 bits per heavy atom. The summed E-state index contributed by atoms with van der Waals surface area (Å²) in [6.07, 6.45) is 5.62. The highest BCUT2D eigenvalue weighted by atomic mass is 35.5. The van der Waals surface area contributed by atoms with Crippen LogP contribution in [0.2, 0.25) is 5.02 Å². The number of benzene rings is 1. The van der Waals surface area contributed by atoms with Crippen molar-refractivity contribution in [3.63, 3.8) is 0 Å². The summed E-state index contributed by atoms with van der Waals surface area (Å²) in [7, 11) is 0. The highest BCUT2D eigenvalue weighted by Crippen LogP contribution is 2.33. The Bertz CT molecular complexity index is 1170.